The van der Waals surface area contributed by atoms with E-state index in [-0.39, 0.29) is 5.69 Å². The van der Waals surface area contributed by atoms with Crippen LogP contribution in [0, 0.1) is 10.1 Å². The lowest BCUT2D eigenvalue weighted by Gasteiger charge is -2.18. The van der Waals surface area contributed by atoms with Crippen LogP contribution in [0.2, 0.25) is 0 Å². The lowest BCUT2D eigenvalue weighted by atomic mass is 9.93. The third kappa shape index (κ3) is 2.99. The number of nitrogens with zero attached hydrogens (tertiary/aromatic N) is 3. The summed E-state index contributed by atoms with van der Waals surface area (Å²) in [5.74, 6) is 0.722. The van der Waals surface area contributed by atoms with Gasteiger partial charge in [-0.3, -0.25) is 15.1 Å². The van der Waals surface area contributed by atoms with Crippen molar-refractivity contribution >= 4 is 22.3 Å². The highest BCUT2D eigenvalue weighted by atomic mass is 16.6. The molecule has 0 saturated carbocycles. The first-order valence-electron chi connectivity index (χ1n) is 8.83. The Labute approximate surface area is 161 Å². The number of rotatable bonds is 3. The normalized spacial score (nSPS) is 11.9. The average molecular weight is 373 g/mol. The second-order valence-electron chi connectivity index (χ2n) is 6.76. The fraction of sp³-hybridized carbons (Fsp3) is 0.136. The molecule has 0 amide bonds. The molecule has 0 saturated heterocycles. The molecule has 0 bridgehead atoms. The molecule has 1 heterocycles. The van der Waals surface area contributed by atoms with Crippen LogP contribution >= 0.6 is 0 Å². The molecule has 28 heavy (non-hydrogen) atoms. The Hall–Kier alpha value is -3.67. The van der Waals surface area contributed by atoms with Gasteiger partial charge in [-0.2, -0.15) is 0 Å². The second-order valence-corrected chi connectivity index (χ2v) is 6.76. The van der Waals surface area contributed by atoms with Gasteiger partial charge in [-0.1, -0.05) is 0 Å². The maximum atomic E-state index is 11.0. The third-order valence-corrected chi connectivity index (χ3v) is 4.83. The first kappa shape index (κ1) is 17.7. The second kappa shape index (κ2) is 6.81. The van der Waals surface area contributed by atoms with E-state index >= 15 is 0 Å². The van der Waals surface area contributed by atoms with Crippen molar-refractivity contribution < 1.29 is 9.34 Å². The Morgan fingerprint density at radius 1 is 1.00 bits per heavy atom. The van der Waals surface area contributed by atoms with E-state index in [1.807, 2.05) is 55.4 Å². The Morgan fingerprint density at radius 3 is 2.39 bits per heavy atom. The van der Waals surface area contributed by atoms with Crippen LogP contribution in [0.5, 0.6) is 0 Å². The van der Waals surface area contributed by atoms with E-state index in [0.29, 0.717) is 0 Å². The number of hydrogen-bond donors (Lipinski definition) is 0. The first-order chi connectivity index (χ1) is 13.5. The van der Waals surface area contributed by atoms with Gasteiger partial charge in [0.05, 0.1) is 10.3 Å². The molecule has 6 heteroatoms. The molecule has 0 unspecified atom stereocenters. The van der Waals surface area contributed by atoms with Crippen molar-refractivity contribution in [3.05, 3.63) is 76.1 Å². The van der Waals surface area contributed by atoms with Gasteiger partial charge in [0.25, 0.3) is 5.69 Å². The van der Waals surface area contributed by atoms with E-state index in [1.165, 1.54) is 12.1 Å². The zero-order chi connectivity index (χ0) is 19.8. The van der Waals surface area contributed by atoms with Crippen LogP contribution in [0.4, 0.5) is 11.4 Å². The van der Waals surface area contributed by atoms with Crippen LogP contribution in [-0.4, -0.2) is 26.1 Å². The topological polar surface area (TPSA) is 71.9 Å². The zero-order valence-corrected chi connectivity index (χ0v) is 15.8. The number of benzene rings is 3. The summed E-state index contributed by atoms with van der Waals surface area (Å²) >= 11 is 0. The summed E-state index contributed by atoms with van der Waals surface area (Å²) < 4.78 is 6.21. The summed E-state index contributed by atoms with van der Waals surface area (Å²) in [5, 5.41) is 12.8. The van der Waals surface area contributed by atoms with Gasteiger partial charge < -0.3 is 9.32 Å². The molecule has 2 aromatic carbocycles. The summed E-state index contributed by atoms with van der Waals surface area (Å²) in [6.45, 7) is 0. The summed E-state index contributed by atoms with van der Waals surface area (Å²) in [6, 6.07) is 18.5. The molecule has 0 fully saturated rings. The van der Waals surface area contributed by atoms with Gasteiger partial charge in [-0.15, -0.1) is 0 Å². The minimum Gasteiger partial charge on any atom is -0.456 e. The maximum absolute atomic E-state index is 11.0. The monoisotopic (exact) mass is 373 g/mol. The Balaban J connectivity index is 2.07. The molecular weight excluding hydrogens is 354 g/mol. The van der Waals surface area contributed by atoms with Crippen molar-refractivity contribution in [3.8, 4) is 22.5 Å². The molecule has 0 radical (unpaired) electrons. The molecule has 6 nitrogen and oxygen atoms in total. The molecule has 2 aromatic rings. The van der Waals surface area contributed by atoms with Gasteiger partial charge in [0.2, 0.25) is 0 Å². The number of hydrogen-bond acceptors (Lipinski definition) is 5. The summed E-state index contributed by atoms with van der Waals surface area (Å²) in [6.07, 6.45) is 0. The van der Waals surface area contributed by atoms with E-state index in [2.05, 4.69) is 4.99 Å². The van der Waals surface area contributed by atoms with Crippen molar-refractivity contribution in [3.63, 3.8) is 0 Å². The van der Waals surface area contributed by atoms with E-state index in [9.17, 15) is 10.1 Å². The van der Waals surface area contributed by atoms with Crippen molar-refractivity contribution in [1.29, 1.82) is 0 Å². The summed E-state index contributed by atoms with van der Waals surface area (Å²) in [4.78, 5) is 16.9. The SMILES string of the molecule is C/N=c1\ccc2c(-c3ccc([N+](=O)[O-])cc3)c3ccc(N(C)C)cc3oc-2c1. The lowest BCUT2D eigenvalue weighted by Crippen LogP contribution is -2.08. The minimum absolute atomic E-state index is 0.0694. The zero-order valence-electron chi connectivity index (χ0n) is 15.8. The van der Waals surface area contributed by atoms with Crippen LogP contribution in [0.25, 0.3) is 33.4 Å². The predicted molar refractivity (Wildman–Crippen MR) is 111 cm³/mol. The number of nitro benzene ring substituents is 1. The van der Waals surface area contributed by atoms with E-state index in [0.717, 1.165) is 44.5 Å². The predicted octanol–water partition coefficient (Wildman–Crippen LogP) is 4.71. The highest BCUT2D eigenvalue weighted by Crippen LogP contribution is 2.40. The van der Waals surface area contributed by atoms with Gasteiger partial charge >= 0.3 is 0 Å². The highest BCUT2D eigenvalue weighted by Gasteiger charge is 2.18. The molecular formula is C22H19N3O3. The smallest absolute Gasteiger partial charge is 0.269 e. The molecule has 1 aliphatic heterocycles. The molecule has 2 aliphatic rings. The number of nitro groups is 1. The van der Waals surface area contributed by atoms with Gasteiger partial charge in [-0.05, 0) is 42.0 Å². The van der Waals surface area contributed by atoms with Gasteiger partial charge in [0.1, 0.15) is 11.3 Å². The van der Waals surface area contributed by atoms with Crippen LogP contribution in [0.1, 0.15) is 0 Å². The number of fused-ring (bicyclic) bond motifs is 2. The van der Waals surface area contributed by atoms with Crippen molar-refractivity contribution in [2.24, 2.45) is 4.99 Å². The van der Waals surface area contributed by atoms with E-state index < -0.39 is 4.92 Å². The molecule has 0 atom stereocenters. The van der Waals surface area contributed by atoms with Crippen LogP contribution in [0.3, 0.4) is 0 Å². The molecule has 0 aromatic heterocycles. The average Bonchev–Trinajstić information content (AvgIpc) is 2.71. The minimum atomic E-state index is -0.390. The fourth-order valence-electron chi connectivity index (χ4n) is 3.35. The Morgan fingerprint density at radius 2 is 1.75 bits per heavy atom. The Bertz CT molecular complexity index is 1220. The number of anilines is 1. The Kier molecular flexibility index (Phi) is 4.31. The number of non-ortho nitro benzene ring substituents is 1. The third-order valence-electron chi connectivity index (χ3n) is 4.83. The summed E-state index contributed by atoms with van der Waals surface area (Å²) in [7, 11) is 5.70. The van der Waals surface area contributed by atoms with Gasteiger partial charge in [0.15, 0.2) is 0 Å². The molecule has 1 aliphatic carbocycles. The first-order valence-corrected chi connectivity index (χ1v) is 8.83. The largest absolute Gasteiger partial charge is 0.456 e. The van der Waals surface area contributed by atoms with Crippen LogP contribution in [0.15, 0.2) is 70.1 Å². The van der Waals surface area contributed by atoms with Crippen molar-refractivity contribution in [1.82, 2.24) is 0 Å². The molecule has 140 valence electrons. The lowest BCUT2D eigenvalue weighted by molar-refractivity contribution is -0.384. The van der Waals surface area contributed by atoms with E-state index in [4.69, 9.17) is 4.42 Å². The quantitative estimate of drug-likeness (QED) is 0.296. The van der Waals surface area contributed by atoms with E-state index in [1.54, 1.807) is 19.2 Å². The molecule has 4 rings (SSSR count). The summed E-state index contributed by atoms with van der Waals surface area (Å²) in [5.41, 5.74) is 4.67. The highest BCUT2D eigenvalue weighted by molar-refractivity contribution is 6.02. The van der Waals surface area contributed by atoms with Crippen molar-refractivity contribution in [2.45, 2.75) is 0 Å². The van der Waals surface area contributed by atoms with Crippen LogP contribution < -0.4 is 10.3 Å². The van der Waals surface area contributed by atoms with Crippen molar-refractivity contribution in [2.75, 3.05) is 26.0 Å². The molecule has 0 N–H and O–H groups in total. The maximum Gasteiger partial charge on any atom is 0.269 e. The van der Waals surface area contributed by atoms with Gasteiger partial charge in [-0.25, -0.2) is 0 Å². The fourth-order valence-corrected chi connectivity index (χ4v) is 3.35. The molecule has 0 spiro atoms. The van der Waals surface area contributed by atoms with Crippen LogP contribution in [-0.2, 0) is 0 Å². The standard InChI is InChI=1S/C22H19N3O3/c1-23-15-6-10-18-20(12-15)28-21-13-17(24(2)3)9-11-19(21)22(18)14-4-7-16(8-5-14)25(26)27/h4-13H,1-3H3/b23-15+. The van der Waals surface area contributed by atoms with Gasteiger partial charge in [0, 0.05) is 67.6 Å².